The summed E-state index contributed by atoms with van der Waals surface area (Å²) in [4.78, 5) is 25.3. The lowest BCUT2D eigenvalue weighted by Gasteiger charge is -2.30. The van der Waals surface area contributed by atoms with Crippen molar-refractivity contribution in [3.63, 3.8) is 0 Å². The van der Waals surface area contributed by atoms with E-state index in [0.717, 1.165) is 28.5 Å². The Bertz CT molecular complexity index is 776. The second kappa shape index (κ2) is 8.85. The molecular weight excluding hydrogens is 338 g/mol. The monoisotopic (exact) mass is 367 g/mol. The number of amides is 1. The SMILES string of the molecule is Cc1cc(C=O)cc(C)c1-c1ccc(OCC(=O)N(C(C)C)C(C)C)cc1. The summed E-state index contributed by atoms with van der Waals surface area (Å²) >= 11 is 0. The molecule has 2 aromatic carbocycles. The van der Waals surface area contributed by atoms with Crippen molar-refractivity contribution in [2.24, 2.45) is 0 Å². The lowest BCUT2D eigenvalue weighted by molar-refractivity contribution is -0.136. The Morgan fingerprint density at radius 3 is 1.96 bits per heavy atom. The molecule has 0 spiro atoms. The quantitative estimate of drug-likeness (QED) is 0.660. The van der Waals surface area contributed by atoms with Gasteiger partial charge in [0.25, 0.3) is 5.91 Å². The molecule has 144 valence electrons. The van der Waals surface area contributed by atoms with Gasteiger partial charge in [0.2, 0.25) is 0 Å². The molecule has 2 rings (SSSR count). The lowest BCUT2D eigenvalue weighted by Crippen LogP contribution is -2.44. The maximum absolute atomic E-state index is 12.4. The van der Waals surface area contributed by atoms with Gasteiger partial charge in [0.1, 0.15) is 12.0 Å². The van der Waals surface area contributed by atoms with E-state index in [0.29, 0.717) is 11.3 Å². The number of hydrogen-bond donors (Lipinski definition) is 0. The number of hydrogen-bond acceptors (Lipinski definition) is 3. The van der Waals surface area contributed by atoms with Crippen LogP contribution in [-0.4, -0.2) is 35.8 Å². The van der Waals surface area contributed by atoms with E-state index in [-0.39, 0.29) is 24.6 Å². The molecule has 0 aliphatic rings. The van der Waals surface area contributed by atoms with Gasteiger partial charge >= 0.3 is 0 Å². The van der Waals surface area contributed by atoms with Crippen molar-refractivity contribution < 1.29 is 14.3 Å². The molecule has 0 saturated carbocycles. The first-order valence-corrected chi connectivity index (χ1v) is 9.35. The van der Waals surface area contributed by atoms with E-state index in [2.05, 4.69) is 0 Å². The number of rotatable bonds is 7. The molecule has 0 saturated heterocycles. The summed E-state index contributed by atoms with van der Waals surface area (Å²) < 4.78 is 5.70. The summed E-state index contributed by atoms with van der Waals surface area (Å²) in [5, 5.41) is 0. The number of nitrogens with zero attached hydrogens (tertiary/aromatic N) is 1. The third-order valence-corrected chi connectivity index (χ3v) is 4.60. The zero-order valence-corrected chi connectivity index (χ0v) is 17.1. The van der Waals surface area contributed by atoms with Crippen LogP contribution in [0.1, 0.15) is 49.2 Å². The fraction of sp³-hybridized carbons (Fsp3) is 0.391. The van der Waals surface area contributed by atoms with Gasteiger partial charge in [0.15, 0.2) is 6.61 Å². The van der Waals surface area contributed by atoms with Crippen LogP contribution in [0.15, 0.2) is 36.4 Å². The topological polar surface area (TPSA) is 46.6 Å². The van der Waals surface area contributed by atoms with Gasteiger partial charge in [-0.1, -0.05) is 12.1 Å². The minimum Gasteiger partial charge on any atom is -0.484 e. The number of carbonyl (C=O) groups excluding carboxylic acids is 2. The van der Waals surface area contributed by atoms with E-state index in [4.69, 9.17) is 4.74 Å². The van der Waals surface area contributed by atoms with Crippen molar-refractivity contribution in [2.75, 3.05) is 6.61 Å². The van der Waals surface area contributed by atoms with Crippen LogP contribution in [-0.2, 0) is 4.79 Å². The Morgan fingerprint density at radius 2 is 1.52 bits per heavy atom. The number of aryl methyl sites for hydroxylation is 2. The minimum atomic E-state index is -0.0137. The highest BCUT2D eigenvalue weighted by Gasteiger charge is 2.20. The van der Waals surface area contributed by atoms with E-state index < -0.39 is 0 Å². The smallest absolute Gasteiger partial charge is 0.260 e. The van der Waals surface area contributed by atoms with Crippen LogP contribution in [0.3, 0.4) is 0 Å². The van der Waals surface area contributed by atoms with E-state index in [1.807, 2.05) is 82.8 Å². The van der Waals surface area contributed by atoms with Crippen molar-refractivity contribution in [3.8, 4) is 16.9 Å². The fourth-order valence-corrected chi connectivity index (χ4v) is 3.63. The maximum Gasteiger partial charge on any atom is 0.260 e. The van der Waals surface area contributed by atoms with Gasteiger partial charge in [0.05, 0.1) is 0 Å². The Hall–Kier alpha value is -2.62. The number of carbonyl (C=O) groups is 2. The molecule has 2 aromatic rings. The number of benzene rings is 2. The Labute approximate surface area is 162 Å². The molecule has 1 amide bonds. The van der Waals surface area contributed by atoms with Crippen LogP contribution >= 0.6 is 0 Å². The molecule has 0 heterocycles. The van der Waals surface area contributed by atoms with Crippen molar-refractivity contribution in [2.45, 2.75) is 53.6 Å². The van der Waals surface area contributed by atoms with Crippen LogP contribution < -0.4 is 4.74 Å². The van der Waals surface area contributed by atoms with Gasteiger partial charge in [-0.05, 0) is 88.1 Å². The summed E-state index contributed by atoms with van der Waals surface area (Å²) in [6.07, 6.45) is 0.870. The van der Waals surface area contributed by atoms with Crippen LogP contribution in [0.2, 0.25) is 0 Å². The lowest BCUT2D eigenvalue weighted by atomic mass is 9.94. The Kier molecular flexibility index (Phi) is 6.78. The summed E-state index contributed by atoms with van der Waals surface area (Å²) in [6, 6.07) is 11.8. The second-order valence-corrected chi connectivity index (χ2v) is 7.45. The molecule has 0 atom stereocenters. The van der Waals surface area contributed by atoms with E-state index in [9.17, 15) is 9.59 Å². The summed E-state index contributed by atoms with van der Waals surface area (Å²) in [6.45, 7) is 12.1. The molecule has 4 nitrogen and oxygen atoms in total. The number of ether oxygens (including phenoxy) is 1. The summed E-state index contributed by atoms with van der Waals surface area (Å²) in [5.41, 5.74) is 4.99. The molecular formula is C23H29NO3. The molecule has 27 heavy (non-hydrogen) atoms. The van der Waals surface area contributed by atoms with E-state index in [1.54, 1.807) is 0 Å². The van der Waals surface area contributed by atoms with Crippen molar-refractivity contribution >= 4 is 12.2 Å². The molecule has 0 aromatic heterocycles. The molecule has 0 N–H and O–H groups in total. The second-order valence-electron chi connectivity index (χ2n) is 7.45. The first kappa shape index (κ1) is 20.7. The van der Waals surface area contributed by atoms with E-state index >= 15 is 0 Å². The zero-order valence-electron chi connectivity index (χ0n) is 17.1. The average molecular weight is 367 g/mol. The average Bonchev–Trinajstić information content (AvgIpc) is 2.59. The molecule has 0 fully saturated rings. The standard InChI is InChI=1S/C23H29NO3/c1-15(2)24(16(3)4)22(26)14-27-21-9-7-20(8-10-21)23-17(5)11-19(13-25)12-18(23)6/h7-13,15-16H,14H2,1-6H3. The predicted molar refractivity (Wildman–Crippen MR) is 109 cm³/mol. The molecule has 0 radical (unpaired) electrons. The van der Waals surface area contributed by atoms with Crippen LogP contribution in [0.5, 0.6) is 5.75 Å². The van der Waals surface area contributed by atoms with Gasteiger partial charge in [-0.2, -0.15) is 0 Å². The molecule has 0 aliphatic heterocycles. The van der Waals surface area contributed by atoms with Gasteiger partial charge in [-0.25, -0.2) is 0 Å². The minimum absolute atomic E-state index is 0.0137. The highest BCUT2D eigenvalue weighted by atomic mass is 16.5. The maximum atomic E-state index is 12.4. The Balaban J connectivity index is 2.12. The molecule has 0 unspecified atom stereocenters. The van der Waals surface area contributed by atoms with Gasteiger partial charge in [-0.15, -0.1) is 0 Å². The highest BCUT2D eigenvalue weighted by molar-refractivity contribution is 5.81. The van der Waals surface area contributed by atoms with Crippen molar-refractivity contribution in [1.82, 2.24) is 4.90 Å². The van der Waals surface area contributed by atoms with Gasteiger partial charge in [-0.3, -0.25) is 9.59 Å². The van der Waals surface area contributed by atoms with E-state index in [1.165, 1.54) is 0 Å². The Morgan fingerprint density at radius 1 is 1.00 bits per heavy atom. The van der Waals surface area contributed by atoms with Gasteiger partial charge in [0, 0.05) is 17.6 Å². The summed E-state index contributed by atoms with van der Waals surface area (Å²) in [5.74, 6) is 0.652. The predicted octanol–water partition coefficient (Wildman–Crippen LogP) is 4.81. The van der Waals surface area contributed by atoms with Crippen LogP contribution in [0.4, 0.5) is 0 Å². The molecule has 0 aliphatic carbocycles. The third kappa shape index (κ3) is 4.97. The third-order valence-electron chi connectivity index (χ3n) is 4.60. The fourth-order valence-electron chi connectivity index (χ4n) is 3.63. The van der Waals surface area contributed by atoms with Crippen molar-refractivity contribution in [3.05, 3.63) is 53.1 Å². The van der Waals surface area contributed by atoms with Gasteiger partial charge < -0.3 is 9.64 Å². The first-order chi connectivity index (χ1) is 12.7. The highest BCUT2D eigenvalue weighted by Crippen LogP contribution is 2.29. The summed E-state index contributed by atoms with van der Waals surface area (Å²) in [7, 11) is 0. The normalized spacial score (nSPS) is 11.0. The van der Waals surface area contributed by atoms with Crippen LogP contribution in [0, 0.1) is 13.8 Å². The van der Waals surface area contributed by atoms with Crippen molar-refractivity contribution in [1.29, 1.82) is 0 Å². The molecule has 0 bridgehead atoms. The molecule has 4 heteroatoms. The number of aldehydes is 1. The zero-order chi connectivity index (χ0) is 20.1. The first-order valence-electron chi connectivity index (χ1n) is 9.35. The largest absolute Gasteiger partial charge is 0.484 e. The van der Waals surface area contributed by atoms with Crippen LogP contribution in [0.25, 0.3) is 11.1 Å².